The van der Waals surface area contributed by atoms with Gasteiger partial charge in [0.1, 0.15) is 0 Å². The summed E-state index contributed by atoms with van der Waals surface area (Å²) < 4.78 is 24.7. The number of aryl methyl sites for hydroxylation is 1. The van der Waals surface area contributed by atoms with E-state index < -0.39 is 7.75 Å². The summed E-state index contributed by atoms with van der Waals surface area (Å²) in [6.07, 6.45) is 0. The lowest BCUT2D eigenvalue weighted by atomic mass is 10.2. The second kappa shape index (κ2) is 6.20. The van der Waals surface area contributed by atoms with E-state index in [1.165, 1.54) is 0 Å². The van der Waals surface area contributed by atoms with Crippen molar-refractivity contribution >= 4 is 13.4 Å². The summed E-state index contributed by atoms with van der Waals surface area (Å²) in [5.74, 6) is 0. The van der Waals surface area contributed by atoms with Crippen molar-refractivity contribution < 1.29 is 13.6 Å². The van der Waals surface area contributed by atoms with Gasteiger partial charge < -0.3 is 0 Å². The van der Waals surface area contributed by atoms with Crippen LogP contribution in [0.2, 0.25) is 0 Å². The van der Waals surface area contributed by atoms with Crippen LogP contribution >= 0.6 is 7.75 Å². The van der Waals surface area contributed by atoms with Gasteiger partial charge in [-0.1, -0.05) is 18.2 Å². The van der Waals surface area contributed by atoms with Gasteiger partial charge in [-0.15, -0.1) is 0 Å². The fourth-order valence-electron chi connectivity index (χ4n) is 1.60. The van der Waals surface area contributed by atoms with Gasteiger partial charge in [-0.2, -0.15) is 0 Å². The normalized spacial score (nSPS) is 11.5. The van der Waals surface area contributed by atoms with Crippen molar-refractivity contribution in [3.05, 3.63) is 29.8 Å². The molecule has 0 amide bonds. The Morgan fingerprint density at radius 1 is 1.18 bits per heavy atom. The van der Waals surface area contributed by atoms with Gasteiger partial charge in [0, 0.05) is 12.7 Å². The minimum Gasteiger partial charge on any atom is -0.292 e. The summed E-state index contributed by atoms with van der Waals surface area (Å²) in [6.45, 7) is 6.28. The minimum atomic E-state index is -3.23. The third kappa shape index (κ3) is 3.32. The molecule has 0 atom stereocenters. The average Bonchev–Trinajstić information content (AvgIpc) is 2.29. The van der Waals surface area contributed by atoms with E-state index in [1.54, 1.807) is 25.6 Å². The fraction of sp³-hybridized carbons (Fsp3) is 0.500. The van der Waals surface area contributed by atoms with E-state index in [4.69, 9.17) is 9.05 Å². The van der Waals surface area contributed by atoms with Crippen LogP contribution < -0.4 is 4.67 Å². The van der Waals surface area contributed by atoms with Gasteiger partial charge >= 0.3 is 7.75 Å². The average molecular weight is 257 g/mol. The lowest BCUT2D eigenvalue weighted by molar-refractivity contribution is 0.219. The number of rotatable bonds is 6. The molecule has 4 nitrogen and oxygen atoms in total. The molecule has 0 fully saturated rings. The van der Waals surface area contributed by atoms with E-state index in [9.17, 15) is 4.57 Å². The minimum absolute atomic E-state index is 0.355. The summed E-state index contributed by atoms with van der Waals surface area (Å²) >= 11 is 0. The predicted molar refractivity (Wildman–Crippen MR) is 70.4 cm³/mol. The van der Waals surface area contributed by atoms with Crippen LogP contribution in [0.1, 0.15) is 19.4 Å². The standard InChI is InChI=1S/C12H20NO3P/c1-5-15-17(14,16-6-2)13(4)12-10-8-7-9-11(12)3/h7-10H,5-6H2,1-4H3. The number of anilines is 1. The predicted octanol–water partition coefficient (Wildman–Crippen LogP) is 3.61. The molecular formula is C12H20NO3P. The number of hydrogen-bond donors (Lipinski definition) is 0. The van der Waals surface area contributed by atoms with Gasteiger partial charge in [-0.25, -0.2) is 4.57 Å². The molecule has 0 spiro atoms. The van der Waals surface area contributed by atoms with E-state index in [0.717, 1.165) is 11.3 Å². The fourth-order valence-corrected chi connectivity index (χ4v) is 3.16. The van der Waals surface area contributed by atoms with Gasteiger partial charge in [0.2, 0.25) is 0 Å². The zero-order valence-corrected chi connectivity index (χ0v) is 11.7. The van der Waals surface area contributed by atoms with E-state index in [2.05, 4.69) is 0 Å². The Balaban J connectivity index is 3.04. The molecule has 0 radical (unpaired) electrons. The molecule has 1 aromatic carbocycles. The third-order valence-electron chi connectivity index (χ3n) is 2.42. The van der Waals surface area contributed by atoms with Crippen molar-refractivity contribution in [1.82, 2.24) is 0 Å². The van der Waals surface area contributed by atoms with Crippen LogP contribution in [0.5, 0.6) is 0 Å². The van der Waals surface area contributed by atoms with Crippen LogP contribution in [-0.4, -0.2) is 20.3 Å². The Hall–Kier alpha value is -0.830. The number of para-hydroxylation sites is 1. The molecule has 0 aliphatic carbocycles. The lowest BCUT2D eigenvalue weighted by Crippen LogP contribution is -2.18. The number of nitrogens with zero attached hydrogens (tertiary/aromatic N) is 1. The summed E-state index contributed by atoms with van der Waals surface area (Å²) in [5, 5.41) is 0. The topological polar surface area (TPSA) is 38.8 Å². The number of benzene rings is 1. The van der Waals surface area contributed by atoms with E-state index >= 15 is 0 Å². The zero-order valence-electron chi connectivity index (χ0n) is 10.8. The Labute approximate surface area is 103 Å². The first-order valence-electron chi connectivity index (χ1n) is 5.74. The van der Waals surface area contributed by atoms with Gasteiger partial charge in [-0.3, -0.25) is 13.7 Å². The highest BCUT2D eigenvalue weighted by molar-refractivity contribution is 7.55. The first kappa shape index (κ1) is 14.2. The Kier molecular flexibility index (Phi) is 5.19. The molecule has 0 saturated heterocycles. The SMILES string of the molecule is CCOP(=O)(OCC)N(C)c1ccccc1C. The second-order valence-corrected chi connectivity index (χ2v) is 5.67. The van der Waals surface area contributed by atoms with Crippen molar-refractivity contribution in [3.63, 3.8) is 0 Å². The largest absolute Gasteiger partial charge is 0.435 e. The van der Waals surface area contributed by atoms with Crippen molar-refractivity contribution in [1.29, 1.82) is 0 Å². The van der Waals surface area contributed by atoms with Crippen molar-refractivity contribution in [2.75, 3.05) is 24.9 Å². The third-order valence-corrected chi connectivity index (χ3v) is 4.54. The van der Waals surface area contributed by atoms with Crippen molar-refractivity contribution in [3.8, 4) is 0 Å². The van der Waals surface area contributed by atoms with Crippen LogP contribution in [0.15, 0.2) is 24.3 Å². The summed E-state index contributed by atoms with van der Waals surface area (Å²) in [7, 11) is -1.50. The first-order chi connectivity index (χ1) is 8.05. The molecule has 0 bridgehead atoms. The van der Waals surface area contributed by atoms with Crippen LogP contribution in [-0.2, 0) is 13.6 Å². The summed E-state index contributed by atoms with van der Waals surface area (Å²) in [4.78, 5) is 0. The van der Waals surface area contributed by atoms with Crippen LogP contribution in [0, 0.1) is 6.92 Å². The van der Waals surface area contributed by atoms with Gasteiger partial charge in [-0.05, 0) is 32.4 Å². The smallest absolute Gasteiger partial charge is 0.292 e. The highest BCUT2D eigenvalue weighted by atomic mass is 31.2. The summed E-state index contributed by atoms with van der Waals surface area (Å²) in [6, 6.07) is 7.72. The van der Waals surface area contributed by atoms with E-state index in [1.807, 2.05) is 31.2 Å². The molecule has 5 heteroatoms. The molecule has 0 heterocycles. The van der Waals surface area contributed by atoms with Crippen LogP contribution in [0.25, 0.3) is 0 Å². The van der Waals surface area contributed by atoms with E-state index in [0.29, 0.717) is 13.2 Å². The first-order valence-corrected chi connectivity index (χ1v) is 7.23. The maximum Gasteiger partial charge on any atom is 0.435 e. The van der Waals surface area contributed by atoms with Crippen LogP contribution in [0.3, 0.4) is 0 Å². The molecule has 0 N–H and O–H groups in total. The van der Waals surface area contributed by atoms with Crippen molar-refractivity contribution in [2.24, 2.45) is 0 Å². The summed E-state index contributed by atoms with van der Waals surface area (Å²) in [5.41, 5.74) is 1.90. The zero-order chi connectivity index (χ0) is 12.9. The molecule has 96 valence electrons. The van der Waals surface area contributed by atoms with Crippen molar-refractivity contribution in [2.45, 2.75) is 20.8 Å². The van der Waals surface area contributed by atoms with Crippen LogP contribution in [0.4, 0.5) is 5.69 Å². The Morgan fingerprint density at radius 2 is 1.71 bits per heavy atom. The molecular weight excluding hydrogens is 237 g/mol. The quantitative estimate of drug-likeness (QED) is 0.730. The van der Waals surface area contributed by atoms with E-state index in [-0.39, 0.29) is 0 Å². The highest BCUT2D eigenvalue weighted by Crippen LogP contribution is 2.53. The maximum atomic E-state index is 12.5. The Morgan fingerprint density at radius 3 is 2.18 bits per heavy atom. The number of hydrogen-bond acceptors (Lipinski definition) is 3. The maximum absolute atomic E-state index is 12.5. The second-order valence-electron chi connectivity index (χ2n) is 3.61. The van der Waals surface area contributed by atoms with Gasteiger partial charge in [0.05, 0.1) is 13.2 Å². The molecule has 0 unspecified atom stereocenters. The molecule has 0 aliphatic rings. The Bertz CT molecular complexity index is 398. The van der Waals surface area contributed by atoms with Gasteiger partial charge in [0.15, 0.2) is 0 Å². The molecule has 17 heavy (non-hydrogen) atoms. The molecule has 0 saturated carbocycles. The molecule has 1 rings (SSSR count). The molecule has 0 aromatic heterocycles. The lowest BCUT2D eigenvalue weighted by Gasteiger charge is -2.28. The molecule has 0 aliphatic heterocycles. The van der Waals surface area contributed by atoms with Gasteiger partial charge in [0.25, 0.3) is 0 Å². The monoisotopic (exact) mass is 257 g/mol. The molecule has 1 aromatic rings. The highest BCUT2D eigenvalue weighted by Gasteiger charge is 2.30.